The molecular weight excluding hydrogens is 281 g/mol. The number of allylic oxidation sites excluding steroid dienone is 4. The summed E-state index contributed by atoms with van der Waals surface area (Å²) in [5, 5.41) is 0. The highest BCUT2D eigenvalue weighted by atomic mass is 19.4. The van der Waals surface area contributed by atoms with Crippen molar-refractivity contribution >= 4 is 17.0 Å². The van der Waals surface area contributed by atoms with Crippen molar-refractivity contribution in [3.8, 4) is 0 Å². The fraction of sp³-hybridized carbons (Fsp3) is 0.200. The van der Waals surface area contributed by atoms with Gasteiger partial charge in [0, 0.05) is 19.3 Å². The van der Waals surface area contributed by atoms with Crippen LogP contribution in [0.5, 0.6) is 0 Å². The minimum absolute atomic E-state index is 0.0218. The zero-order chi connectivity index (χ0) is 15.2. The number of alkyl halides is 3. The Morgan fingerprint density at radius 2 is 2.10 bits per heavy atom. The van der Waals surface area contributed by atoms with Crippen LogP contribution in [-0.4, -0.2) is 15.2 Å². The van der Waals surface area contributed by atoms with Crippen LogP contribution in [0.15, 0.2) is 36.7 Å². The maximum absolute atomic E-state index is 13.2. The summed E-state index contributed by atoms with van der Waals surface area (Å²) in [6.07, 6.45) is 4.58. The van der Waals surface area contributed by atoms with Crippen LogP contribution >= 0.6 is 0 Å². The third kappa shape index (κ3) is 2.37. The molecule has 0 amide bonds. The van der Waals surface area contributed by atoms with Crippen LogP contribution in [0, 0.1) is 0 Å². The molecule has 0 aromatic carbocycles. The van der Waals surface area contributed by atoms with Crippen LogP contribution in [-0.2, 0) is 6.18 Å². The van der Waals surface area contributed by atoms with Gasteiger partial charge >= 0.3 is 6.18 Å². The lowest BCUT2D eigenvalue weighted by Crippen LogP contribution is -2.09. The molecule has 0 unspecified atom stereocenters. The second-order valence-corrected chi connectivity index (χ2v) is 4.85. The summed E-state index contributed by atoms with van der Waals surface area (Å²) in [6, 6.07) is 1.08. The third-order valence-electron chi connectivity index (χ3n) is 3.32. The highest BCUT2D eigenvalue weighted by Gasteiger charge is 2.35. The Bertz CT molecular complexity index is 797. The van der Waals surface area contributed by atoms with Gasteiger partial charge in [0.05, 0.1) is 5.56 Å². The SMILES string of the molecule is CC(=O)c1cn2cc(C3=CCC=C3)cc(C(F)(F)F)c2n1. The van der Waals surface area contributed by atoms with E-state index in [1.807, 2.05) is 12.2 Å². The Balaban J connectivity index is 2.29. The molecule has 0 radical (unpaired) electrons. The number of fused-ring (bicyclic) bond motifs is 1. The van der Waals surface area contributed by atoms with E-state index >= 15 is 0 Å². The molecule has 3 nitrogen and oxygen atoms in total. The van der Waals surface area contributed by atoms with Gasteiger partial charge in [-0.2, -0.15) is 13.2 Å². The summed E-state index contributed by atoms with van der Waals surface area (Å²) >= 11 is 0. The van der Waals surface area contributed by atoms with Gasteiger partial charge in [0.25, 0.3) is 0 Å². The first-order valence-electron chi connectivity index (χ1n) is 6.34. The Kier molecular flexibility index (Phi) is 2.97. The molecule has 0 atom stereocenters. The minimum Gasteiger partial charge on any atom is -0.305 e. The second kappa shape index (κ2) is 4.58. The van der Waals surface area contributed by atoms with Crippen molar-refractivity contribution in [2.45, 2.75) is 19.5 Å². The van der Waals surface area contributed by atoms with Crippen molar-refractivity contribution < 1.29 is 18.0 Å². The van der Waals surface area contributed by atoms with E-state index < -0.39 is 11.7 Å². The summed E-state index contributed by atoms with van der Waals surface area (Å²) in [4.78, 5) is 15.1. The molecule has 108 valence electrons. The average Bonchev–Trinajstić information content (AvgIpc) is 3.05. The van der Waals surface area contributed by atoms with Gasteiger partial charge in [-0.25, -0.2) is 4.98 Å². The van der Waals surface area contributed by atoms with Crippen molar-refractivity contribution in [3.05, 3.63) is 53.5 Å². The monoisotopic (exact) mass is 292 g/mol. The van der Waals surface area contributed by atoms with E-state index in [1.54, 1.807) is 12.3 Å². The lowest BCUT2D eigenvalue weighted by Gasteiger charge is -2.11. The first-order valence-corrected chi connectivity index (χ1v) is 6.34. The maximum Gasteiger partial charge on any atom is 0.420 e. The fourth-order valence-electron chi connectivity index (χ4n) is 2.31. The van der Waals surface area contributed by atoms with Gasteiger partial charge in [0.15, 0.2) is 5.78 Å². The minimum atomic E-state index is -4.53. The first kappa shape index (κ1) is 13.6. The van der Waals surface area contributed by atoms with Crippen molar-refractivity contribution in [3.63, 3.8) is 0 Å². The number of carbonyl (C=O) groups is 1. The Hall–Kier alpha value is -2.37. The van der Waals surface area contributed by atoms with Gasteiger partial charge in [-0.1, -0.05) is 18.2 Å². The predicted octanol–water partition coefficient (Wildman–Crippen LogP) is 3.90. The van der Waals surface area contributed by atoms with Crippen molar-refractivity contribution in [1.29, 1.82) is 0 Å². The molecule has 1 aliphatic rings. The number of rotatable bonds is 2. The van der Waals surface area contributed by atoms with E-state index in [9.17, 15) is 18.0 Å². The summed E-state index contributed by atoms with van der Waals surface area (Å²) in [6.45, 7) is 1.28. The van der Waals surface area contributed by atoms with Gasteiger partial charge in [0.1, 0.15) is 11.3 Å². The maximum atomic E-state index is 13.2. The van der Waals surface area contributed by atoms with Gasteiger partial charge in [0.2, 0.25) is 0 Å². The normalized spacial score (nSPS) is 14.8. The van der Waals surface area contributed by atoms with Crippen LogP contribution in [0.1, 0.15) is 35.0 Å². The van der Waals surface area contributed by atoms with E-state index in [-0.39, 0.29) is 17.1 Å². The van der Waals surface area contributed by atoms with Crippen LogP contribution in [0.4, 0.5) is 13.2 Å². The molecule has 0 saturated heterocycles. The summed E-state index contributed by atoms with van der Waals surface area (Å²) in [7, 11) is 0. The number of Topliss-reactive ketones (excluding diaryl/α,β-unsaturated/α-hetero) is 1. The number of ketones is 1. The van der Waals surface area contributed by atoms with Crippen LogP contribution in [0.25, 0.3) is 11.2 Å². The first-order chi connectivity index (χ1) is 9.86. The summed E-state index contributed by atoms with van der Waals surface area (Å²) in [5.74, 6) is -0.367. The lowest BCUT2D eigenvalue weighted by molar-refractivity contribution is -0.136. The molecule has 0 N–H and O–H groups in total. The number of hydrogen-bond acceptors (Lipinski definition) is 2. The highest BCUT2D eigenvalue weighted by molar-refractivity contribution is 5.93. The average molecular weight is 292 g/mol. The number of imidazole rings is 1. The van der Waals surface area contributed by atoms with Crippen molar-refractivity contribution in [2.75, 3.05) is 0 Å². The molecule has 0 bridgehead atoms. The molecule has 2 heterocycles. The van der Waals surface area contributed by atoms with Crippen LogP contribution in [0.3, 0.4) is 0 Å². The molecule has 2 aromatic rings. The number of hydrogen-bond donors (Lipinski definition) is 0. The van der Waals surface area contributed by atoms with Crippen LogP contribution < -0.4 is 0 Å². The molecule has 1 aliphatic carbocycles. The van der Waals surface area contributed by atoms with Crippen molar-refractivity contribution in [2.24, 2.45) is 0 Å². The van der Waals surface area contributed by atoms with E-state index in [2.05, 4.69) is 4.98 Å². The van der Waals surface area contributed by atoms with E-state index in [0.29, 0.717) is 12.0 Å². The molecule has 0 aliphatic heterocycles. The molecule has 0 fully saturated rings. The largest absolute Gasteiger partial charge is 0.420 e. The molecule has 2 aromatic heterocycles. The summed E-state index contributed by atoms with van der Waals surface area (Å²) in [5.41, 5.74) is 0.123. The molecule has 0 saturated carbocycles. The van der Waals surface area contributed by atoms with Gasteiger partial charge in [-0.05, 0) is 23.6 Å². The Labute approximate surface area is 118 Å². The zero-order valence-electron chi connectivity index (χ0n) is 11.1. The smallest absolute Gasteiger partial charge is 0.305 e. The number of halogens is 3. The van der Waals surface area contributed by atoms with E-state index in [1.165, 1.54) is 17.5 Å². The third-order valence-corrected chi connectivity index (χ3v) is 3.32. The molecular formula is C15H11F3N2O. The van der Waals surface area contributed by atoms with Gasteiger partial charge in [-0.3, -0.25) is 4.79 Å². The highest BCUT2D eigenvalue weighted by Crippen LogP contribution is 2.35. The summed E-state index contributed by atoms with van der Waals surface area (Å²) < 4.78 is 40.9. The number of aromatic nitrogens is 2. The number of pyridine rings is 1. The number of carbonyl (C=O) groups excluding carboxylic acids is 1. The van der Waals surface area contributed by atoms with Gasteiger partial charge < -0.3 is 4.40 Å². The Morgan fingerprint density at radius 3 is 2.67 bits per heavy atom. The quantitative estimate of drug-likeness (QED) is 0.787. The van der Waals surface area contributed by atoms with Gasteiger partial charge in [-0.15, -0.1) is 0 Å². The second-order valence-electron chi connectivity index (χ2n) is 4.85. The topological polar surface area (TPSA) is 34.4 Å². The van der Waals surface area contributed by atoms with Crippen LogP contribution in [0.2, 0.25) is 0 Å². The van der Waals surface area contributed by atoms with E-state index in [4.69, 9.17) is 0 Å². The molecule has 6 heteroatoms. The number of nitrogens with zero attached hydrogens (tertiary/aromatic N) is 2. The van der Waals surface area contributed by atoms with E-state index in [0.717, 1.165) is 11.6 Å². The Morgan fingerprint density at radius 1 is 1.33 bits per heavy atom. The predicted molar refractivity (Wildman–Crippen MR) is 71.9 cm³/mol. The van der Waals surface area contributed by atoms with Crippen molar-refractivity contribution in [1.82, 2.24) is 9.38 Å². The zero-order valence-corrected chi connectivity index (χ0v) is 11.1. The molecule has 0 spiro atoms. The fourth-order valence-corrected chi connectivity index (χ4v) is 2.31. The molecule has 21 heavy (non-hydrogen) atoms. The lowest BCUT2D eigenvalue weighted by atomic mass is 10.1. The standard InChI is InChI=1S/C15H11F3N2O/c1-9(21)13-8-20-7-11(10-4-2-3-5-10)6-12(14(20)19-13)15(16,17)18/h2,4-8H,3H2,1H3. The molecule has 3 rings (SSSR count).